The first-order valence-corrected chi connectivity index (χ1v) is 7.83. The Morgan fingerprint density at radius 3 is 2.65 bits per heavy atom. The number of fused-ring (bicyclic) bond motifs is 1. The second-order valence-corrected chi connectivity index (χ2v) is 5.68. The number of hydrogen-bond donors (Lipinski definition) is 1. The van der Waals surface area contributed by atoms with Crippen molar-refractivity contribution in [2.75, 3.05) is 30.4 Å². The van der Waals surface area contributed by atoms with Crippen LogP contribution in [0.4, 0.5) is 11.6 Å². The van der Waals surface area contributed by atoms with Crippen molar-refractivity contribution in [3.63, 3.8) is 0 Å². The van der Waals surface area contributed by atoms with Crippen LogP contribution in [0.2, 0.25) is 0 Å². The molecule has 0 radical (unpaired) electrons. The summed E-state index contributed by atoms with van der Waals surface area (Å²) >= 11 is 0. The number of anilines is 2. The summed E-state index contributed by atoms with van der Waals surface area (Å²) in [5.41, 5.74) is 4.11. The van der Waals surface area contributed by atoms with Crippen molar-refractivity contribution in [1.29, 1.82) is 0 Å². The Morgan fingerprint density at radius 1 is 1.13 bits per heavy atom. The molecule has 0 atom stereocenters. The highest BCUT2D eigenvalue weighted by Gasteiger charge is 2.19. The summed E-state index contributed by atoms with van der Waals surface area (Å²) in [5.74, 6) is 0.981. The molecule has 0 saturated heterocycles. The van der Waals surface area contributed by atoms with Gasteiger partial charge in [-0.15, -0.1) is 0 Å². The van der Waals surface area contributed by atoms with Crippen molar-refractivity contribution in [1.82, 2.24) is 14.5 Å². The number of hydrogen-bond acceptors (Lipinski definition) is 4. The van der Waals surface area contributed by atoms with E-state index in [-0.39, 0.29) is 0 Å². The Kier molecular flexibility index (Phi) is 3.46. The van der Waals surface area contributed by atoms with Gasteiger partial charge in [0.15, 0.2) is 5.65 Å². The van der Waals surface area contributed by atoms with Gasteiger partial charge in [0.25, 0.3) is 0 Å². The van der Waals surface area contributed by atoms with Gasteiger partial charge in [0.05, 0.1) is 23.9 Å². The number of nitrogens with zero attached hydrogens (tertiary/aromatic N) is 4. The minimum Gasteiger partial charge on any atom is -0.387 e. The molecular weight excluding hydrogens is 286 g/mol. The lowest BCUT2D eigenvalue weighted by molar-refractivity contribution is 0.783. The van der Waals surface area contributed by atoms with E-state index in [1.54, 1.807) is 0 Å². The van der Waals surface area contributed by atoms with Crippen molar-refractivity contribution in [3.8, 4) is 0 Å². The van der Waals surface area contributed by atoms with Gasteiger partial charge in [0, 0.05) is 20.1 Å². The largest absolute Gasteiger partial charge is 0.387 e. The first kappa shape index (κ1) is 13.8. The van der Waals surface area contributed by atoms with Gasteiger partial charge in [0.2, 0.25) is 5.95 Å². The third kappa shape index (κ3) is 2.54. The molecule has 0 saturated carbocycles. The van der Waals surface area contributed by atoms with Crippen LogP contribution in [-0.2, 0) is 6.54 Å². The minimum absolute atomic E-state index is 0.790. The molecule has 0 unspecified atom stereocenters. The maximum absolute atomic E-state index is 4.78. The molecule has 5 heteroatoms. The van der Waals surface area contributed by atoms with Crippen LogP contribution >= 0.6 is 0 Å². The fourth-order valence-corrected chi connectivity index (χ4v) is 2.93. The van der Waals surface area contributed by atoms with Crippen molar-refractivity contribution in [2.45, 2.75) is 6.54 Å². The van der Waals surface area contributed by atoms with Crippen LogP contribution in [0.1, 0.15) is 5.56 Å². The first-order chi connectivity index (χ1) is 11.3. The smallest absolute Gasteiger partial charge is 0.208 e. The zero-order valence-corrected chi connectivity index (χ0v) is 13.1. The molecule has 0 bridgehead atoms. The molecule has 1 aromatic carbocycles. The van der Waals surface area contributed by atoms with Crippen LogP contribution in [-0.4, -0.2) is 34.7 Å². The molecule has 0 aliphatic carbocycles. The van der Waals surface area contributed by atoms with Crippen LogP contribution < -0.4 is 10.2 Å². The standard InChI is InChI=1S/C18H19N5/c1-19-15-11-16-17(20-12-15)21-18(22-9-5-6-10-22)23(16)13-14-7-3-2-4-8-14/h2-8,11-12,19H,9-10,13H2,1H3. The highest BCUT2D eigenvalue weighted by atomic mass is 15.3. The molecular formula is C18H19N5. The van der Waals surface area contributed by atoms with Crippen LogP contribution in [0.5, 0.6) is 0 Å². The number of benzene rings is 1. The van der Waals surface area contributed by atoms with E-state index in [1.807, 2.05) is 19.3 Å². The first-order valence-electron chi connectivity index (χ1n) is 7.83. The zero-order chi connectivity index (χ0) is 15.6. The lowest BCUT2D eigenvalue weighted by atomic mass is 10.2. The lowest BCUT2D eigenvalue weighted by Crippen LogP contribution is -2.23. The molecule has 1 aliphatic rings. The molecule has 4 rings (SSSR count). The predicted octanol–water partition coefficient (Wildman–Crippen LogP) is 2.90. The second-order valence-electron chi connectivity index (χ2n) is 5.68. The van der Waals surface area contributed by atoms with E-state index < -0.39 is 0 Å². The van der Waals surface area contributed by atoms with E-state index >= 15 is 0 Å². The van der Waals surface area contributed by atoms with Gasteiger partial charge in [-0.25, -0.2) is 4.98 Å². The Balaban J connectivity index is 1.84. The van der Waals surface area contributed by atoms with E-state index in [1.165, 1.54) is 5.56 Å². The molecule has 1 N–H and O–H groups in total. The van der Waals surface area contributed by atoms with Gasteiger partial charge < -0.3 is 14.8 Å². The Bertz CT molecular complexity index is 842. The maximum atomic E-state index is 4.78. The van der Waals surface area contributed by atoms with E-state index in [0.29, 0.717) is 0 Å². The van der Waals surface area contributed by atoms with Crippen molar-refractivity contribution >= 4 is 22.8 Å². The average molecular weight is 305 g/mol. The number of nitrogens with one attached hydrogen (secondary N) is 1. The molecule has 2 aromatic heterocycles. The summed E-state index contributed by atoms with van der Waals surface area (Å²) in [6.45, 7) is 2.59. The molecule has 3 heterocycles. The molecule has 23 heavy (non-hydrogen) atoms. The van der Waals surface area contributed by atoms with Crippen LogP contribution in [0, 0.1) is 0 Å². The quantitative estimate of drug-likeness (QED) is 0.753. The molecule has 0 spiro atoms. The second kappa shape index (κ2) is 5.76. The van der Waals surface area contributed by atoms with Crippen molar-refractivity contribution in [3.05, 3.63) is 60.3 Å². The summed E-state index contributed by atoms with van der Waals surface area (Å²) in [5, 5.41) is 3.16. The SMILES string of the molecule is CNc1cnc2nc(N3CC=CC3)n(Cc3ccccc3)c2c1. The zero-order valence-electron chi connectivity index (χ0n) is 13.1. The molecule has 0 amide bonds. The van der Waals surface area contributed by atoms with Gasteiger partial charge in [-0.05, 0) is 11.6 Å². The lowest BCUT2D eigenvalue weighted by Gasteiger charge is -2.18. The summed E-state index contributed by atoms with van der Waals surface area (Å²) in [4.78, 5) is 11.5. The van der Waals surface area contributed by atoms with Gasteiger partial charge in [0.1, 0.15) is 0 Å². The van der Waals surface area contributed by atoms with Gasteiger partial charge >= 0.3 is 0 Å². The fraction of sp³-hybridized carbons (Fsp3) is 0.222. The normalized spacial score (nSPS) is 13.9. The number of imidazole rings is 1. The third-order valence-corrected chi connectivity index (χ3v) is 4.16. The molecule has 1 aliphatic heterocycles. The number of rotatable bonds is 4. The Hall–Kier alpha value is -2.82. The van der Waals surface area contributed by atoms with Crippen molar-refractivity contribution < 1.29 is 0 Å². The summed E-state index contributed by atoms with van der Waals surface area (Å²) in [6, 6.07) is 12.6. The van der Waals surface area contributed by atoms with E-state index in [9.17, 15) is 0 Å². The van der Waals surface area contributed by atoms with Crippen LogP contribution in [0.25, 0.3) is 11.2 Å². The summed E-state index contributed by atoms with van der Waals surface area (Å²) in [7, 11) is 1.91. The fourth-order valence-electron chi connectivity index (χ4n) is 2.93. The molecule has 116 valence electrons. The van der Waals surface area contributed by atoms with Gasteiger partial charge in [-0.1, -0.05) is 42.5 Å². The third-order valence-electron chi connectivity index (χ3n) is 4.16. The molecule has 0 fully saturated rings. The number of aromatic nitrogens is 3. The predicted molar refractivity (Wildman–Crippen MR) is 94.0 cm³/mol. The van der Waals surface area contributed by atoms with E-state index in [0.717, 1.165) is 42.4 Å². The molecule has 5 nitrogen and oxygen atoms in total. The monoisotopic (exact) mass is 305 g/mol. The Labute approximate surface area is 135 Å². The van der Waals surface area contributed by atoms with Crippen LogP contribution in [0.3, 0.4) is 0 Å². The van der Waals surface area contributed by atoms with E-state index in [2.05, 4.69) is 62.3 Å². The topological polar surface area (TPSA) is 46.0 Å². The number of pyridine rings is 1. The molecule has 3 aromatic rings. The minimum atomic E-state index is 0.790. The highest BCUT2D eigenvalue weighted by molar-refractivity contribution is 5.78. The van der Waals surface area contributed by atoms with Crippen LogP contribution in [0.15, 0.2) is 54.7 Å². The van der Waals surface area contributed by atoms with Gasteiger partial charge in [-0.2, -0.15) is 4.98 Å². The summed E-state index contributed by atoms with van der Waals surface area (Å²) < 4.78 is 2.26. The van der Waals surface area contributed by atoms with E-state index in [4.69, 9.17) is 4.98 Å². The Morgan fingerprint density at radius 2 is 1.91 bits per heavy atom. The summed E-state index contributed by atoms with van der Waals surface area (Å²) in [6.07, 6.45) is 6.19. The highest BCUT2D eigenvalue weighted by Crippen LogP contribution is 2.26. The van der Waals surface area contributed by atoms with Crippen molar-refractivity contribution in [2.24, 2.45) is 0 Å². The van der Waals surface area contributed by atoms with Gasteiger partial charge in [-0.3, -0.25) is 0 Å². The maximum Gasteiger partial charge on any atom is 0.208 e. The average Bonchev–Trinajstić information content (AvgIpc) is 3.23.